The number of aryl methyl sites for hydroxylation is 1. The molecule has 0 aliphatic rings. The maximum atomic E-state index is 4.21. The van der Waals surface area contributed by atoms with E-state index in [4.69, 9.17) is 0 Å². The van der Waals surface area contributed by atoms with Crippen molar-refractivity contribution in [1.82, 2.24) is 9.55 Å². The van der Waals surface area contributed by atoms with E-state index < -0.39 is 0 Å². The highest BCUT2D eigenvalue weighted by Gasteiger charge is 2.06. The molecule has 0 aliphatic carbocycles. The van der Waals surface area contributed by atoms with Gasteiger partial charge in [-0.05, 0) is 40.5 Å². The van der Waals surface area contributed by atoms with Crippen LogP contribution >= 0.6 is 15.9 Å². The van der Waals surface area contributed by atoms with E-state index in [2.05, 4.69) is 45.3 Å². The molecule has 0 fully saturated rings. The van der Waals surface area contributed by atoms with Crippen LogP contribution in [0.1, 0.15) is 5.56 Å². The van der Waals surface area contributed by atoms with Crippen LogP contribution in [0.4, 0.5) is 5.95 Å². The first-order chi connectivity index (χ1) is 7.22. The van der Waals surface area contributed by atoms with Gasteiger partial charge in [0.25, 0.3) is 0 Å². The Bertz CT molecular complexity index is 476. The molecule has 0 saturated heterocycles. The Morgan fingerprint density at radius 2 is 2.20 bits per heavy atom. The van der Waals surface area contributed by atoms with Gasteiger partial charge in [-0.15, -0.1) is 0 Å². The van der Waals surface area contributed by atoms with E-state index in [0.717, 1.165) is 16.1 Å². The minimum Gasteiger partial charge on any atom is -0.358 e. The van der Waals surface area contributed by atoms with Crippen molar-refractivity contribution in [2.75, 3.05) is 12.4 Å². The van der Waals surface area contributed by atoms with Gasteiger partial charge >= 0.3 is 0 Å². The molecule has 0 atom stereocenters. The lowest BCUT2D eigenvalue weighted by molar-refractivity contribution is 1.04. The fourth-order valence-corrected chi connectivity index (χ4v) is 1.93. The summed E-state index contributed by atoms with van der Waals surface area (Å²) in [4.78, 5) is 4.21. The van der Waals surface area contributed by atoms with Gasteiger partial charge in [0.1, 0.15) is 0 Å². The third-order valence-corrected chi connectivity index (χ3v) is 2.90. The van der Waals surface area contributed by atoms with Crippen LogP contribution in [0.5, 0.6) is 0 Å². The molecule has 3 nitrogen and oxygen atoms in total. The Morgan fingerprint density at radius 1 is 1.40 bits per heavy atom. The van der Waals surface area contributed by atoms with E-state index in [0.29, 0.717) is 0 Å². The van der Waals surface area contributed by atoms with Crippen molar-refractivity contribution < 1.29 is 0 Å². The normalized spacial score (nSPS) is 10.3. The van der Waals surface area contributed by atoms with Gasteiger partial charge in [-0.1, -0.05) is 6.07 Å². The third-order valence-electron chi connectivity index (χ3n) is 2.23. The Kier molecular flexibility index (Phi) is 2.77. The second kappa shape index (κ2) is 4.06. The molecule has 15 heavy (non-hydrogen) atoms. The van der Waals surface area contributed by atoms with Crippen LogP contribution in [-0.4, -0.2) is 16.6 Å². The highest BCUT2D eigenvalue weighted by Crippen LogP contribution is 2.24. The molecule has 1 N–H and O–H groups in total. The van der Waals surface area contributed by atoms with Gasteiger partial charge in [0.2, 0.25) is 5.95 Å². The summed E-state index contributed by atoms with van der Waals surface area (Å²) in [5, 5.41) is 3.05. The summed E-state index contributed by atoms with van der Waals surface area (Å²) in [7, 11) is 1.86. The first-order valence-corrected chi connectivity index (χ1v) is 5.49. The number of rotatable bonds is 2. The maximum Gasteiger partial charge on any atom is 0.207 e. The van der Waals surface area contributed by atoms with E-state index in [1.54, 1.807) is 6.20 Å². The average molecular weight is 266 g/mol. The molecule has 0 saturated carbocycles. The number of benzene rings is 1. The molecule has 0 unspecified atom stereocenters. The molecule has 1 aromatic heterocycles. The quantitative estimate of drug-likeness (QED) is 0.905. The summed E-state index contributed by atoms with van der Waals surface area (Å²) in [6.07, 6.45) is 3.71. The molecule has 0 spiro atoms. The SMILES string of the molecule is CNc1nccn1-c1cc(C)ccc1Br. The van der Waals surface area contributed by atoms with Crippen LogP contribution < -0.4 is 5.32 Å². The Morgan fingerprint density at radius 3 is 2.93 bits per heavy atom. The second-order valence-electron chi connectivity index (χ2n) is 3.33. The monoisotopic (exact) mass is 265 g/mol. The van der Waals surface area contributed by atoms with Crippen molar-refractivity contribution in [2.45, 2.75) is 6.92 Å². The summed E-state index contributed by atoms with van der Waals surface area (Å²) in [5.74, 6) is 0.835. The molecule has 0 bridgehead atoms. The van der Waals surface area contributed by atoms with Gasteiger partial charge in [0.05, 0.1) is 5.69 Å². The fraction of sp³-hybridized carbons (Fsp3) is 0.182. The van der Waals surface area contributed by atoms with Gasteiger partial charge in [0.15, 0.2) is 0 Å². The highest BCUT2D eigenvalue weighted by atomic mass is 79.9. The minimum absolute atomic E-state index is 0.835. The smallest absolute Gasteiger partial charge is 0.207 e. The third kappa shape index (κ3) is 1.90. The van der Waals surface area contributed by atoms with Crippen LogP contribution in [0.15, 0.2) is 35.1 Å². The molecular formula is C11H12BrN3. The van der Waals surface area contributed by atoms with Crippen molar-refractivity contribution in [3.05, 3.63) is 40.6 Å². The number of nitrogens with zero attached hydrogens (tertiary/aromatic N) is 2. The molecule has 1 heterocycles. The zero-order valence-electron chi connectivity index (χ0n) is 8.66. The Balaban J connectivity index is 2.58. The predicted molar refractivity (Wildman–Crippen MR) is 65.5 cm³/mol. The predicted octanol–water partition coefficient (Wildman–Crippen LogP) is 2.98. The average Bonchev–Trinajstić information content (AvgIpc) is 2.69. The molecule has 2 rings (SSSR count). The number of nitrogens with one attached hydrogen (secondary N) is 1. The fourth-order valence-electron chi connectivity index (χ4n) is 1.49. The van der Waals surface area contributed by atoms with Crippen molar-refractivity contribution in [3.8, 4) is 5.69 Å². The van der Waals surface area contributed by atoms with E-state index in [1.807, 2.05) is 23.9 Å². The van der Waals surface area contributed by atoms with Gasteiger partial charge in [-0.25, -0.2) is 4.98 Å². The number of anilines is 1. The molecular weight excluding hydrogens is 254 g/mol. The van der Waals surface area contributed by atoms with Crippen LogP contribution in [0, 0.1) is 6.92 Å². The van der Waals surface area contributed by atoms with Crippen LogP contribution in [-0.2, 0) is 0 Å². The number of halogens is 1. The van der Waals surface area contributed by atoms with Crippen molar-refractivity contribution in [3.63, 3.8) is 0 Å². The molecule has 1 aromatic carbocycles. The van der Waals surface area contributed by atoms with Gasteiger partial charge in [-0.2, -0.15) is 0 Å². The zero-order valence-corrected chi connectivity index (χ0v) is 10.2. The highest BCUT2D eigenvalue weighted by molar-refractivity contribution is 9.10. The van der Waals surface area contributed by atoms with E-state index in [-0.39, 0.29) is 0 Å². The Labute approximate surface area is 97.3 Å². The van der Waals surface area contributed by atoms with E-state index in [9.17, 15) is 0 Å². The molecule has 0 radical (unpaired) electrons. The van der Waals surface area contributed by atoms with Gasteiger partial charge in [-0.3, -0.25) is 4.57 Å². The van der Waals surface area contributed by atoms with Crippen LogP contribution in [0.3, 0.4) is 0 Å². The van der Waals surface area contributed by atoms with Crippen LogP contribution in [0.25, 0.3) is 5.69 Å². The Hall–Kier alpha value is -1.29. The number of imidazole rings is 1. The first kappa shape index (κ1) is 10.2. The van der Waals surface area contributed by atoms with Gasteiger partial charge in [0, 0.05) is 23.9 Å². The standard InChI is InChI=1S/C11H12BrN3/c1-8-3-4-9(12)10(7-8)15-6-5-14-11(15)13-2/h3-7H,1-2H3,(H,13,14). The number of hydrogen-bond donors (Lipinski definition) is 1. The van der Waals surface area contributed by atoms with Crippen molar-refractivity contribution >= 4 is 21.9 Å². The lowest BCUT2D eigenvalue weighted by Crippen LogP contribution is -2.01. The maximum absolute atomic E-state index is 4.21. The second-order valence-corrected chi connectivity index (χ2v) is 4.18. The zero-order chi connectivity index (χ0) is 10.8. The lowest BCUT2D eigenvalue weighted by atomic mass is 10.2. The summed E-state index contributed by atoms with van der Waals surface area (Å²) in [6, 6.07) is 6.24. The molecule has 0 aliphatic heterocycles. The van der Waals surface area contributed by atoms with Crippen LogP contribution in [0.2, 0.25) is 0 Å². The van der Waals surface area contributed by atoms with E-state index in [1.165, 1.54) is 5.56 Å². The molecule has 4 heteroatoms. The lowest BCUT2D eigenvalue weighted by Gasteiger charge is -2.09. The largest absolute Gasteiger partial charge is 0.358 e. The number of aromatic nitrogens is 2. The van der Waals surface area contributed by atoms with E-state index >= 15 is 0 Å². The summed E-state index contributed by atoms with van der Waals surface area (Å²) in [5.41, 5.74) is 2.32. The number of hydrogen-bond acceptors (Lipinski definition) is 2. The summed E-state index contributed by atoms with van der Waals surface area (Å²) in [6.45, 7) is 2.08. The summed E-state index contributed by atoms with van der Waals surface area (Å²) < 4.78 is 3.07. The van der Waals surface area contributed by atoms with Crippen molar-refractivity contribution in [1.29, 1.82) is 0 Å². The first-order valence-electron chi connectivity index (χ1n) is 4.70. The van der Waals surface area contributed by atoms with Crippen molar-refractivity contribution in [2.24, 2.45) is 0 Å². The topological polar surface area (TPSA) is 29.9 Å². The minimum atomic E-state index is 0.835. The summed E-state index contributed by atoms with van der Waals surface area (Å²) >= 11 is 3.54. The van der Waals surface area contributed by atoms with Gasteiger partial charge < -0.3 is 5.32 Å². The molecule has 2 aromatic rings. The molecule has 78 valence electrons. The molecule has 0 amide bonds.